The minimum atomic E-state index is 0.499. The van der Waals surface area contributed by atoms with E-state index in [1.165, 1.54) is 95.5 Å². The lowest BCUT2D eigenvalue weighted by Crippen LogP contribution is -2.22. The van der Waals surface area contributed by atoms with Gasteiger partial charge in [-0.05, 0) is 30.7 Å². The summed E-state index contributed by atoms with van der Waals surface area (Å²) in [7, 11) is 0. The first-order chi connectivity index (χ1) is 14.8. The predicted octanol–water partition coefficient (Wildman–Crippen LogP) is 8.61. The zero-order valence-corrected chi connectivity index (χ0v) is 19.7. The third kappa shape index (κ3) is 9.96. The molecule has 1 aliphatic heterocycles. The van der Waals surface area contributed by atoms with Gasteiger partial charge >= 0.3 is 0 Å². The molecule has 0 saturated carbocycles. The Morgan fingerprint density at radius 3 is 1.83 bits per heavy atom. The third-order valence-corrected chi connectivity index (χ3v) is 6.52. The molecule has 2 heteroatoms. The molecule has 1 aromatic carbocycles. The summed E-state index contributed by atoms with van der Waals surface area (Å²) >= 11 is 0. The summed E-state index contributed by atoms with van der Waals surface area (Å²) in [5.41, 5.74) is 1.46. The zero-order chi connectivity index (χ0) is 21.3. The van der Waals surface area contributed by atoms with E-state index >= 15 is 0 Å². The second-order valence-electron chi connectivity index (χ2n) is 9.08. The second kappa shape index (κ2) is 16.2. The van der Waals surface area contributed by atoms with Gasteiger partial charge in [0, 0.05) is 0 Å². The fraction of sp³-hybridized carbons (Fsp3) is 0.679. The topological polar surface area (TPSA) is 24.7 Å². The first-order valence-electron chi connectivity index (χ1n) is 12.8. The van der Waals surface area contributed by atoms with Crippen molar-refractivity contribution < 1.29 is 0 Å². The van der Waals surface area contributed by atoms with E-state index in [1.807, 2.05) is 12.4 Å². The number of hydrogen-bond acceptors (Lipinski definition) is 2. The van der Waals surface area contributed by atoms with Crippen molar-refractivity contribution in [3.05, 3.63) is 42.1 Å². The highest BCUT2D eigenvalue weighted by atomic mass is 15.0. The summed E-state index contributed by atoms with van der Waals surface area (Å²) in [6, 6.07) is 11.0. The Hall–Kier alpha value is -1.57. The van der Waals surface area contributed by atoms with Gasteiger partial charge in [-0.2, -0.15) is 0 Å². The lowest BCUT2D eigenvalue weighted by Gasteiger charge is -2.26. The number of unbranched alkanes of at least 4 members (excludes halogenated alkanes) is 10. The molecule has 166 valence electrons. The van der Waals surface area contributed by atoms with E-state index in [1.54, 1.807) is 0 Å². The van der Waals surface area contributed by atoms with Crippen LogP contribution in [0.25, 0.3) is 0 Å². The van der Waals surface area contributed by atoms with Crippen LogP contribution < -0.4 is 0 Å². The van der Waals surface area contributed by atoms with Gasteiger partial charge in [0.25, 0.3) is 0 Å². The lowest BCUT2D eigenvalue weighted by atomic mass is 9.78. The van der Waals surface area contributed by atoms with Gasteiger partial charge in [0.05, 0.1) is 5.92 Å². The lowest BCUT2D eigenvalue weighted by molar-refractivity contribution is 0.286. The number of hydrogen-bond donors (Lipinski definition) is 0. The molecular formula is C28H45N2+. The average molecular weight is 410 g/mol. The smallest absolute Gasteiger partial charge is 0.0965 e. The van der Waals surface area contributed by atoms with Crippen LogP contribution in [0.15, 0.2) is 40.3 Å². The Kier molecular flexibility index (Phi) is 13.3. The van der Waals surface area contributed by atoms with E-state index in [-0.39, 0.29) is 0 Å². The first-order valence-corrected chi connectivity index (χ1v) is 12.8. The standard InChI is InChI=1S/C28H45N2/c1-3-5-7-8-9-10-11-12-13-17-20-26(24-25-18-15-14-16-19-25)27(21-6-4-2)28-29-22-23-30-28/h14-16,18-19,22-23,26-27H,3-13,17,20-21,24H2,1-2H3/q+1. The van der Waals surface area contributed by atoms with Gasteiger partial charge in [-0.3, -0.25) is 0 Å². The highest BCUT2D eigenvalue weighted by Gasteiger charge is 2.35. The summed E-state index contributed by atoms with van der Waals surface area (Å²) in [5, 5.41) is 0. The summed E-state index contributed by atoms with van der Waals surface area (Å²) in [6.07, 6.45) is 25.0. The van der Waals surface area contributed by atoms with Crippen molar-refractivity contribution in [2.45, 2.75) is 110 Å². The number of nitrogens with zero attached hydrogens (tertiary/aromatic N) is 2. The molecule has 2 unspecified atom stereocenters. The number of rotatable bonds is 18. The van der Waals surface area contributed by atoms with Crippen molar-refractivity contribution in [2.24, 2.45) is 21.8 Å². The molecule has 0 N–H and O–H groups in total. The summed E-state index contributed by atoms with van der Waals surface area (Å²) < 4.78 is 0. The summed E-state index contributed by atoms with van der Waals surface area (Å²) in [5.74, 6) is 1.15. The van der Waals surface area contributed by atoms with E-state index in [0.29, 0.717) is 11.8 Å². The molecule has 0 radical (unpaired) electrons. The molecule has 0 fully saturated rings. The quantitative estimate of drug-likeness (QED) is 0.171. The molecule has 1 aromatic rings. The van der Waals surface area contributed by atoms with Gasteiger partial charge in [-0.1, -0.05) is 131 Å². The van der Waals surface area contributed by atoms with Crippen LogP contribution >= 0.6 is 0 Å². The molecule has 0 aliphatic carbocycles. The largest absolute Gasteiger partial charge is 0.244 e. The normalized spacial score (nSPS) is 15.1. The second-order valence-corrected chi connectivity index (χ2v) is 9.08. The van der Waals surface area contributed by atoms with Crippen molar-refractivity contribution in [1.29, 1.82) is 0 Å². The van der Waals surface area contributed by atoms with Gasteiger partial charge in [0.1, 0.15) is 0 Å². The maximum absolute atomic E-state index is 4.62. The Labute approximate surface area is 186 Å². The first kappa shape index (κ1) is 24.7. The Bertz CT molecular complexity index is 566. The molecule has 0 amide bonds. The molecule has 2 nitrogen and oxygen atoms in total. The molecule has 1 aliphatic rings. The average Bonchev–Trinajstić information content (AvgIpc) is 3.30. The van der Waals surface area contributed by atoms with Gasteiger partial charge in [-0.15, -0.1) is 0 Å². The zero-order valence-electron chi connectivity index (χ0n) is 19.7. The predicted molar refractivity (Wildman–Crippen MR) is 133 cm³/mol. The Morgan fingerprint density at radius 2 is 1.23 bits per heavy atom. The number of benzene rings is 1. The number of aliphatic imine (C=N–C) groups is 2. The molecule has 0 saturated heterocycles. The fourth-order valence-corrected chi connectivity index (χ4v) is 4.70. The van der Waals surface area contributed by atoms with Crippen LogP contribution in [0, 0.1) is 18.0 Å². The van der Waals surface area contributed by atoms with Crippen LogP contribution in [0.1, 0.15) is 109 Å². The van der Waals surface area contributed by atoms with E-state index in [9.17, 15) is 0 Å². The van der Waals surface area contributed by atoms with E-state index in [4.69, 9.17) is 0 Å². The van der Waals surface area contributed by atoms with Crippen LogP contribution in [0.2, 0.25) is 0 Å². The van der Waals surface area contributed by atoms with Crippen molar-refractivity contribution in [3.8, 4) is 0 Å². The molecule has 0 spiro atoms. The van der Waals surface area contributed by atoms with Crippen molar-refractivity contribution in [1.82, 2.24) is 0 Å². The minimum absolute atomic E-state index is 0.499. The van der Waals surface area contributed by atoms with Crippen molar-refractivity contribution >= 4 is 12.4 Å². The molecule has 0 bridgehead atoms. The SMILES string of the molecule is CCCCCCCCCCCCC(Cc1ccccc1)C(CCCC)[C+]1N=CC=N1. The Balaban J connectivity index is 1.80. The van der Waals surface area contributed by atoms with Crippen LogP contribution in [-0.4, -0.2) is 12.4 Å². The van der Waals surface area contributed by atoms with Crippen molar-refractivity contribution in [3.63, 3.8) is 0 Å². The van der Waals surface area contributed by atoms with Crippen LogP contribution in [0.5, 0.6) is 0 Å². The van der Waals surface area contributed by atoms with Gasteiger partial charge < -0.3 is 0 Å². The van der Waals surface area contributed by atoms with E-state index < -0.39 is 0 Å². The molecule has 1 heterocycles. The minimum Gasteiger partial charge on any atom is -0.0965 e. The van der Waals surface area contributed by atoms with Crippen LogP contribution in [-0.2, 0) is 6.42 Å². The Morgan fingerprint density at radius 1 is 0.667 bits per heavy atom. The molecule has 30 heavy (non-hydrogen) atoms. The van der Waals surface area contributed by atoms with Gasteiger partial charge in [-0.25, -0.2) is 0 Å². The highest BCUT2D eigenvalue weighted by Crippen LogP contribution is 2.36. The monoisotopic (exact) mass is 409 g/mol. The summed E-state index contributed by atoms with van der Waals surface area (Å²) in [4.78, 5) is 9.24. The van der Waals surface area contributed by atoms with Gasteiger partial charge in [0.2, 0.25) is 6.17 Å². The van der Waals surface area contributed by atoms with Gasteiger partial charge in [0.15, 0.2) is 12.4 Å². The van der Waals surface area contributed by atoms with Crippen LogP contribution in [0.4, 0.5) is 0 Å². The highest BCUT2D eigenvalue weighted by molar-refractivity contribution is 6.18. The summed E-state index contributed by atoms with van der Waals surface area (Å²) in [6.45, 7) is 4.58. The van der Waals surface area contributed by atoms with Crippen molar-refractivity contribution in [2.75, 3.05) is 0 Å². The molecule has 2 atom stereocenters. The fourth-order valence-electron chi connectivity index (χ4n) is 4.70. The van der Waals surface area contributed by atoms with Crippen LogP contribution in [0.3, 0.4) is 0 Å². The molecule has 0 aromatic heterocycles. The molecular weight excluding hydrogens is 364 g/mol. The molecule has 2 rings (SSSR count). The van der Waals surface area contributed by atoms with E-state index in [2.05, 4.69) is 54.2 Å². The van der Waals surface area contributed by atoms with E-state index in [0.717, 1.165) is 12.6 Å². The third-order valence-electron chi connectivity index (χ3n) is 6.52. The maximum Gasteiger partial charge on any atom is 0.244 e. The maximum atomic E-state index is 4.62.